The summed E-state index contributed by atoms with van der Waals surface area (Å²) in [6.07, 6.45) is 0. The summed E-state index contributed by atoms with van der Waals surface area (Å²) in [5.74, 6) is 0.915. The quantitative estimate of drug-likeness (QED) is 0.807. The Morgan fingerprint density at radius 3 is 2.64 bits per heavy atom. The van der Waals surface area contributed by atoms with Gasteiger partial charge in [-0.2, -0.15) is 0 Å². The summed E-state index contributed by atoms with van der Waals surface area (Å²) in [5, 5.41) is 0.627. The van der Waals surface area contributed by atoms with Gasteiger partial charge in [0.25, 0.3) is 0 Å². The second-order valence-electron chi connectivity index (χ2n) is 5.17. The minimum absolute atomic E-state index is 0.00193. The van der Waals surface area contributed by atoms with Gasteiger partial charge < -0.3 is 4.90 Å². The van der Waals surface area contributed by atoms with Crippen LogP contribution in [0.2, 0.25) is 5.02 Å². The highest BCUT2D eigenvalue weighted by molar-refractivity contribution is 6.30. The van der Waals surface area contributed by atoms with Crippen molar-refractivity contribution in [2.24, 2.45) is 4.99 Å². The lowest BCUT2D eigenvalue weighted by Crippen LogP contribution is -2.29. The zero-order valence-electron chi connectivity index (χ0n) is 12.4. The summed E-state index contributed by atoms with van der Waals surface area (Å²) >= 11 is 5.90. The Bertz CT molecular complexity index is 722. The Morgan fingerprint density at radius 1 is 1.18 bits per heavy atom. The van der Waals surface area contributed by atoms with E-state index in [1.807, 2.05) is 24.3 Å². The summed E-state index contributed by atoms with van der Waals surface area (Å²) in [6, 6.07) is 14.7. The number of rotatable bonds is 4. The number of hydrogen-bond acceptors (Lipinski definition) is 3. The molecule has 0 aromatic heterocycles. The molecule has 0 unspecified atom stereocenters. The van der Waals surface area contributed by atoms with Crippen molar-refractivity contribution in [3.05, 3.63) is 70.2 Å². The van der Waals surface area contributed by atoms with E-state index in [2.05, 4.69) is 16.8 Å². The number of ketones is 1. The second-order valence-corrected chi connectivity index (χ2v) is 5.60. The lowest BCUT2D eigenvalue weighted by molar-refractivity contribution is 0.103. The number of benzene rings is 2. The molecule has 2 aromatic carbocycles. The minimum Gasteiger partial charge on any atom is -0.355 e. The highest BCUT2D eigenvalue weighted by Gasteiger charge is 2.22. The molecule has 3 rings (SSSR count). The molecule has 0 atom stereocenters. The molecule has 0 fully saturated rings. The van der Waals surface area contributed by atoms with E-state index in [0.29, 0.717) is 16.1 Å². The van der Waals surface area contributed by atoms with Crippen molar-refractivity contribution in [2.45, 2.75) is 6.92 Å². The van der Waals surface area contributed by atoms with Gasteiger partial charge in [-0.15, -0.1) is 0 Å². The van der Waals surface area contributed by atoms with Crippen LogP contribution in [0.3, 0.4) is 0 Å². The first kappa shape index (κ1) is 14.8. The molecule has 0 saturated carbocycles. The molecule has 1 aliphatic rings. The van der Waals surface area contributed by atoms with Crippen LogP contribution in [0.5, 0.6) is 0 Å². The van der Waals surface area contributed by atoms with Crippen molar-refractivity contribution < 1.29 is 4.79 Å². The molecule has 0 N–H and O–H groups in total. The normalized spacial score (nSPS) is 14.1. The van der Waals surface area contributed by atoms with Gasteiger partial charge in [-0.3, -0.25) is 9.79 Å². The van der Waals surface area contributed by atoms with E-state index in [0.717, 1.165) is 31.0 Å². The number of aliphatic imine (C=N–C) groups is 1. The number of carbonyl (C=O) groups is 1. The molecule has 22 heavy (non-hydrogen) atoms. The highest BCUT2D eigenvalue weighted by atomic mass is 35.5. The molecule has 0 bridgehead atoms. The zero-order valence-corrected chi connectivity index (χ0v) is 13.2. The van der Waals surface area contributed by atoms with Gasteiger partial charge in [0.05, 0.1) is 6.54 Å². The molecule has 112 valence electrons. The van der Waals surface area contributed by atoms with Crippen molar-refractivity contribution >= 4 is 23.2 Å². The number of hydrogen-bond donors (Lipinski definition) is 0. The third-order valence-corrected chi connectivity index (χ3v) is 4.08. The predicted octanol–water partition coefficient (Wildman–Crippen LogP) is 3.65. The standard InChI is InChI=1S/C18H17ClN2O/c1-2-21-12-11-20-18(21)16-6-4-3-5-15(16)17(22)13-7-9-14(19)10-8-13/h3-10H,2,11-12H2,1H3. The lowest BCUT2D eigenvalue weighted by Gasteiger charge is -2.19. The van der Waals surface area contributed by atoms with E-state index < -0.39 is 0 Å². The van der Waals surface area contributed by atoms with Crippen molar-refractivity contribution in [1.29, 1.82) is 0 Å². The van der Waals surface area contributed by atoms with Crippen LogP contribution in [0.4, 0.5) is 0 Å². The maximum Gasteiger partial charge on any atom is 0.193 e. The van der Waals surface area contributed by atoms with Crippen molar-refractivity contribution in [3.8, 4) is 0 Å². The Labute approximate surface area is 135 Å². The van der Waals surface area contributed by atoms with E-state index in [4.69, 9.17) is 11.6 Å². The molecule has 0 spiro atoms. The van der Waals surface area contributed by atoms with Gasteiger partial charge in [0, 0.05) is 34.8 Å². The number of amidine groups is 1. The van der Waals surface area contributed by atoms with Crippen LogP contribution < -0.4 is 0 Å². The predicted molar refractivity (Wildman–Crippen MR) is 90.0 cm³/mol. The molecule has 1 heterocycles. The second kappa shape index (κ2) is 6.32. The minimum atomic E-state index is -0.00193. The van der Waals surface area contributed by atoms with Crippen molar-refractivity contribution in [1.82, 2.24) is 4.90 Å². The molecule has 0 saturated heterocycles. The Morgan fingerprint density at radius 2 is 1.91 bits per heavy atom. The fourth-order valence-electron chi connectivity index (χ4n) is 2.68. The summed E-state index contributed by atoms with van der Waals surface area (Å²) in [5.41, 5.74) is 2.23. The van der Waals surface area contributed by atoms with E-state index in [-0.39, 0.29) is 5.78 Å². The molecule has 0 amide bonds. The molecule has 4 heteroatoms. The van der Waals surface area contributed by atoms with Crippen LogP contribution in [0, 0.1) is 0 Å². The first-order chi connectivity index (χ1) is 10.7. The fraction of sp³-hybridized carbons (Fsp3) is 0.222. The highest BCUT2D eigenvalue weighted by Crippen LogP contribution is 2.20. The average molecular weight is 313 g/mol. The van der Waals surface area contributed by atoms with Gasteiger partial charge in [-0.25, -0.2) is 0 Å². The van der Waals surface area contributed by atoms with Crippen LogP contribution in [0.15, 0.2) is 53.5 Å². The SMILES string of the molecule is CCN1CCN=C1c1ccccc1C(=O)c1ccc(Cl)cc1. The van der Waals surface area contributed by atoms with Gasteiger partial charge >= 0.3 is 0 Å². The lowest BCUT2D eigenvalue weighted by atomic mass is 9.97. The van der Waals surface area contributed by atoms with Crippen molar-refractivity contribution in [2.75, 3.05) is 19.6 Å². The largest absolute Gasteiger partial charge is 0.355 e. The molecular formula is C18H17ClN2O. The van der Waals surface area contributed by atoms with Crippen LogP contribution in [0.25, 0.3) is 0 Å². The monoisotopic (exact) mass is 312 g/mol. The van der Waals surface area contributed by atoms with Crippen molar-refractivity contribution in [3.63, 3.8) is 0 Å². The molecule has 0 radical (unpaired) electrons. The molecule has 3 nitrogen and oxygen atoms in total. The topological polar surface area (TPSA) is 32.7 Å². The summed E-state index contributed by atoms with van der Waals surface area (Å²) in [6.45, 7) is 4.69. The van der Waals surface area contributed by atoms with Crippen LogP contribution in [-0.2, 0) is 0 Å². The first-order valence-electron chi connectivity index (χ1n) is 7.39. The van der Waals surface area contributed by atoms with E-state index in [1.54, 1.807) is 24.3 Å². The number of carbonyl (C=O) groups excluding carboxylic acids is 1. The number of halogens is 1. The Kier molecular flexibility index (Phi) is 4.25. The van der Waals surface area contributed by atoms with Crippen LogP contribution >= 0.6 is 11.6 Å². The van der Waals surface area contributed by atoms with E-state index in [1.165, 1.54) is 0 Å². The third-order valence-electron chi connectivity index (χ3n) is 3.83. The van der Waals surface area contributed by atoms with Gasteiger partial charge in [-0.1, -0.05) is 35.9 Å². The Balaban J connectivity index is 2.01. The third kappa shape index (κ3) is 2.77. The molecule has 1 aliphatic heterocycles. The molecule has 2 aromatic rings. The molecule has 0 aliphatic carbocycles. The summed E-state index contributed by atoms with van der Waals surface area (Å²) < 4.78 is 0. The fourth-order valence-corrected chi connectivity index (χ4v) is 2.80. The number of nitrogens with zero attached hydrogens (tertiary/aromatic N) is 2. The van der Waals surface area contributed by atoms with Gasteiger partial charge in [0.1, 0.15) is 5.84 Å². The maximum atomic E-state index is 12.8. The van der Waals surface area contributed by atoms with Crippen LogP contribution in [0.1, 0.15) is 28.4 Å². The number of likely N-dealkylation sites (N-methyl/N-ethyl adjacent to an activating group) is 1. The summed E-state index contributed by atoms with van der Waals surface area (Å²) in [7, 11) is 0. The van der Waals surface area contributed by atoms with Gasteiger partial charge in [0.15, 0.2) is 5.78 Å². The first-order valence-corrected chi connectivity index (χ1v) is 7.77. The van der Waals surface area contributed by atoms with E-state index in [9.17, 15) is 4.79 Å². The van der Waals surface area contributed by atoms with Gasteiger partial charge in [0.2, 0.25) is 0 Å². The Hall–Kier alpha value is -2.13. The van der Waals surface area contributed by atoms with E-state index >= 15 is 0 Å². The molecular weight excluding hydrogens is 296 g/mol. The van der Waals surface area contributed by atoms with Gasteiger partial charge in [-0.05, 0) is 31.2 Å². The van der Waals surface area contributed by atoms with Crippen LogP contribution in [-0.4, -0.2) is 36.2 Å². The summed E-state index contributed by atoms with van der Waals surface area (Å²) in [4.78, 5) is 19.6. The maximum absolute atomic E-state index is 12.8. The zero-order chi connectivity index (χ0) is 15.5. The smallest absolute Gasteiger partial charge is 0.193 e. The average Bonchev–Trinajstić information content (AvgIpc) is 3.03.